The van der Waals surface area contributed by atoms with Crippen molar-refractivity contribution in [3.05, 3.63) is 29.8 Å². The van der Waals surface area contributed by atoms with Gasteiger partial charge in [0.25, 0.3) is 0 Å². The van der Waals surface area contributed by atoms with Crippen molar-refractivity contribution in [3.63, 3.8) is 0 Å². The lowest BCUT2D eigenvalue weighted by Crippen LogP contribution is -1.99. The van der Waals surface area contributed by atoms with Crippen LogP contribution in [0.4, 0.5) is 5.69 Å². The topological polar surface area (TPSA) is 46.2 Å². The molecule has 0 bridgehead atoms. The maximum absolute atomic E-state index is 9.43. The van der Waals surface area contributed by atoms with E-state index in [2.05, 4.69) is 0 Å². The van der Waals surface area contributed by atoms with Crippen LogP contribution in [0.15, 0.2) is 24.3 Å². The van der Waals surface area contributed by atoms with Crippen LogP contribution in [0.2, 0.25) is 0 Å². The highest BCUT2D eigenvalue weighted by molar-refractivity contribution is 5.47. The average Bonchev–Trinajstić information content (AvgIpc) is 2.04. The summed E-state index contributed by atoms with van der Waals surface area (Å²) in [7, 11) is 0. The second-order valence-corrected chi connectivity index (χ2v) is 2.55. The first-order chi connectivity index (χ1) is 5.25. The van der Waals surface area contributed by atoms with Gasteiger partial charge in [-0.25, -0.2) is 0 Å². The van der Waals surface area contributed by atoms with Gasteiger partial charge >= 0.3 is 0 Å². The number of hydrogen-bond acceptors (Lipinski definition) is 2. The van der Waals surface area contributed by atoms with Crippen LogP contribution in [0, 0.1) is 0 Å². The predicted octanol–water partition coefficient (Wildman–Crippen LogP) is 1.71. The smallest absolute Gasteiger partial charge is 0.0807 e. The zero-order valence-corrected chi connectivity index (χ0v) is 6.62. The highest BCUT2D eigenvalue weighted by Crippen LogP contribution is 2.21. The molecule has 0 aliphatic heterocycles. The van der Waals surface area contributed by atoms with Gasteiger partial charge in [0.15, 0.2) is 0 Å². The van der Waals surface area contributed by atoms with E-state index in [-0.39, 0.29) is 0 Å². The lowest BCUT2D eigenvalue weighted by molar-refractivity contribution is 0.174. The molecule has 0 aliphatic carbocycles. The van der Waals surface area contributed by atoms with Gasteiger partial charge in [-0.05, 0) is 12.5 Å². The summed E-state index contributed by atoms with van der Waals surface area (Å²) >= 11 is 0. The Balaban J connectivity index is 2.93. The highest BCUT2D eigenvalue weighted by Gasteiger charge is 2.06. The fraction of sp³-hybridized carbons (Fsp3) is 0.333. The number of aliphatic hydroxyl groups is 1. The minimum absolute atomic E-state index is 0.420. The van der Waals surface area contributed by atoms with E-state index in [0.29, 0.717) is 12.1 Å². The Labute approximate surface area is 66.7 Å². The number of hydrogen-bond donors (Lipinski definition) is 2. The zero-order valence-electron chi connectivity index (χ0n) is 6.62. The number of rotatable bonds is 2. The first-order valence-corrected chi connectivity index (χ1v) is 3.78. The van der Waals surface area contributed by atoms with Crippen molar-refractivity contribution in [2.45, 2.75) is 19.4 Å². The number of anilines is 1. The Morgan fingerprint density at radius 1 is 1.45 bits per heavy atom. The van der Waals surface area contributed by atoms with Gasteiger partial charge in [-0.15, -0.1) is 0 Å². The molecule has 0 unspecified atom stereocenters. The van der Waals surface area contributed by atoms with E-state index in [0.717, 1.165) is 5.56 Å². The van der Waals surface area contributed by atoms with E-state index < -0.39 is 6.10 Å². The maximum Gasteiger partial charge on any atom is 0.0807 e. The Kier molecular flexibility index (Phi) is 2.49. The summed E-state index contributed by atoms with van der Waals surface area (Å²) in [6, 6.07) is 7.39. The first kappa shape index (κ1) is 8.08. The van der Waals surface area contributed by atoms with E-state index in [1.165, 1.54) is 0 Å². The Morgan fingerprint density at radius 3 is 2.64 bits per heavy atom. The Morgan fingerprint density at radius 2 is 2.09 bits per heavy atom. The van der Waals surface area contributed by atoms with Gasteiger partial charge in [0.05, 0.1) is 6.10 Å². The van der Waals surface area contributed by atoms with E-state index >= 15 is 0 Å². The quantitative estimate of drug-likeness (QED) is 0.632. The molecular formula is C9H13NO. The largest absolute Gasteiger partial charge is 0.398 e. The van der Waals surface area contributed by atoms with Gasteiger partial charge in [0.2, 0.25) is 0 Å². The number of aliphatic hydroxyl groups excluding tert-OH is 1. The second kappa shape index (κ2) is 3.39. The van der Waals surface area contributed by atoms with Crippen LogP contribution >= 0.6 is 0 Å². The van der Waals surface area contributed by atoms with Crippen LogP contribution in [0.5, 0.6) is 0 Å². The van der Waals surface area contributed by atoms with Gasteiger partial charge in [-0.2, -0.15) is 0 Å². The van der Waals surface area contributed by atoms with Crippen molar-refractivity contribution in [1.29, 1.82) is 0 Å². The van der Waals surface area contributed by atoms with Crippen LogP contribution < -0.4 is 5.73 Å². The molecule has 1 rings (SSSR count). The summed E-state index contributed by atoms with van der Waals surface area (Å²) in [6.45, 7) is 1.93. The number of benzene rings is 1. The number of nitrogen functional groups attached to an aromatic ring is 1. The monoisotopic (exact) mass is 151 g/mol. The molecule has 0 spiro atoms. The van der Waals surface area contributed by atoms with Crippen molar-refractivity contribution in [2.75, 3.05) is 5.73 Å². The summed E-state index contributed by atoms with van der Waals surface area (Å²) in [5.41, 5.74) is 7.13. The fourth-order valence-corrected chi connectivity index (χ4v) is 1.03. The average molecular weight is 151 g/mol. The molecule has 0 aliphatic rings. The van der Waals surface area contributed by atoms with Crippen molar-refractivity contribution < 1.29 is 5.11 Å². The standard InChI is InChI=1S/C9H13NO/c1-2-9(11)7-5-3-4-6-8(7)10/h3-6,9,11H,2,10H2,1H3/t9-/m0/s1. The van der Waals surface area contributed by atoms with Crippen molar-refractivity contribution in [2.24, 2.45) is 0 Å². The summed E-state index contributed by atoms with van der Waals surface area (Å²) in [4.78, 5) is 0. The number of nitrogens with two attached hydrogens (primary N) is 1. The predicted molar refractivity (Wildman–Crippen MR) is 46.1 cm³/mol. The van der Waals surface area contributed by atoms with Gasteiger partial charge in [-0.1, -0.05) is 25.1 Å². The third kappa shape index (κ3) is 1.71. The van der Waals surface area contributed by atoms with E-state index in [1.807, 2.05) is 25.1 Å². The molecule has 0 saturated heterocycles. The minimum Gasteiger partial charge on any atom is -0.398 e. The van der Waals surface area contributed by atoms with Gasteiger partial charge < -0.3 is 10.8 Å². The second-order valence-electron chi connectivity index (χ2n) is 2.55. The van der Waals surface area contributed by atoms with Crippen molar-refractivity contribution in [1.82, 2.24) is 0 Å². The molecule has 0 fully saturated rings. The molecule has 1 aromatic carbocycles. The van der Waals surface area contributed by atoms with Crippen LogP contribution in [0.3, 0.4) is 0 Å². The molecule has 0 radical (unpaired) electrons. The molecule has 0 amide bonds. The molecule has 1 atom stereocenters. The van der Waals surface area contributed by atoms with Gasteiger partial charge in [-0.3, -0.25) is 0 Å². The molecule has 2 heteroatoms. The van der Waals surface area contributed by atoms with Crippen LogP contribution in [-0.4, -0.2) is 5.11 Å². The Hall–Kier alpha value is -1.02. The lowest BCUT2D eigenvalue weighted by atomic mass is 10.1. The summed E-state index contributed by atoms with van der Waals surface area (Å²) in [6.07, 6.45) is 0.282. The SMILES string of the molecule is CC[C@H](O)c1ccccc1N. The summed E-state index contributed by atoms with van der Waals surface area (Å²) in [5.74, 6) is 0. The molecule has 0 aromatic heterocycles. The minimum atomic E-state index is -0.420. The van der Waals surface area contributed by atoms with Crippen LogP contribution in [0.1, 0.15) is 25.0 Å². The molecule has 0 heterocycles. The summed E-state index contributed by atoms with van der Waals surface area (Å²) in [5, 5.41) is 9.43. The van der Waals surface area contributed by atoms with Gasteiger partial charge in [0, 0.05) is 11.3 Å². The van der Waals surface area contributed by atoms with Crippen molar-refractivity contribution >= 4 is 5.69 Å². The molecule has 3 N–H and O–H groups in total. The van der Waals surface area contributed by atoms with E-state index in [9.17, 15) is 5.11 Å². The normalized spacial score (nSPS) is 12.9. The van der Waals surface area contributed by atoms with Crippen LogP contribution in [0.25, 0.3) is 0 Å². The number of para-hydroxylation sites is 1. The van der Waals surface area contributed by atoms with E-state index in [4.69, 9.17) is 5.73 Å². The molecule has 0 saturated carbocycles. The molecular weight excluding hydrogens is 138 g/mol. The molecule has 11 heavy (non-hydrogen) atoms. The third-order valence-corrected chi connectivity index (χ3v) is 1.74. The summed E-state index contributed by atoms with van der Waals surface area (Å²) < 4.78 is 0. The molecule has 1 aromatic rings. The molecule has 2 nitrogen and oxygen atoms in total. The van der Waals surface area contributed by atoms with Gasteiger partial charge in [0.1, 0.15) is 0 Å². The van der Waals surface area contributed by atoms with E-state index in [1.54, 1.807) is 6.07 Å². The lowest BCUT2D eigenvalue weighted by Gasteiger charge is -2.09. The zero-order chi connectivity index (χ0) is 8.27. The van der Waals surface area contributed by atoms with Crippen LogP contribution in [-0.2, 0) is 0 Å². The first-order valence-electron chi connectivity index (χ1n) is 3.78. The highest BCUT2D eigenvalue weighted by atomic mass is 16.3. The fourth-order valence-electron chi connectivity index (χ4n) is 1.03. The van der Waals surface area contributed by atoms with Crippen molar-refractivity contribution in [3.8, 4) is 0 Å². The third-order valence-electron chi connectivity index (χ3n) is 1.74. The maximum atomic E-state index is 9.43. The molecule has 60 valence electrons. The Bertz CT molecular complexity index is 235.